The van der Waals surface area contributed by atoms with E-state index in [0.29, 0.717) is 0 Å². The highest BCUT2D eigenvalue weighted by Crippen LogP contribution is 2.29. The molecule has 1 heterocycles. The minimum atomic E-state index is 0.836. The molecule has 0 spiro atoms. The van der Waals surface area contributed by atoms with Crippen LogP contribution in [0.3, 0.4) is 0 Å². The van der Waals surface area contributed by atoms with Gasteiger partial charge in [-0.15, -0.1) is 11.3 Å². The normalized spacial score (nSPS) is 20.3. The maximum atomic E-state index is 4.68. The molecule has 0 saturated heterocycles. The van der Waals surface area contributed by atoms with Gasteiger partial charge in [0.25, 0.3) is 0 Å². The monoisotopic (exact) mass is 224 g/mol. The first-order valence-electron chi connectivity index (χ1n) is 6.01. The molecule has 1 aliphatic carbocycles. The standard InChI is InChI=1S/C12H20N2S/c1-3-12-14-10-6-5-9(8-13-4-2)7-11(10)15-12/h9,13H,3-8H2,1-2H3. The summed E-state index contributed by atoms with van der Waals surface area (Å²) in [5.41, 5.74) is 1.39. The Balaban J connectivity index is 1.99. The summed E-state index contributed by atoms with van der Waals surface area (Å²) in [5, 5.41) is 4.78. The zero-order chi connectivity index (χ0) is 10.7. The van der Waals surface area contributed by atoms with E-state index in [1.807, 2.05) is 11.3 Å². The summed E-state index contributed by atoms with van der Waals surface area (Å²) in [6.45, 7) is 6.64. The maximum absolute atomic E-state index is 4.68. The van der Waals surface area contributed by atoms with Gasteiger partial charge in [-0.05, 0) is 44.7 Å². The van der Waals surface area contributed by atoms with Crippen LogP contribution in [0, 0.1) is 5.92 Å². The molecule has 0 amide bonds. The van der Waals surface area contributed by atoms with Crippen molar-refractivity contribution >= 4 is 11.3 Å². The first kappa shape index (κ1) is 11.1. The lowest BCUT2D eigenvalue weighted by molar-refractivity contribution is 0.430. The van der Waals surface area contributed by atoms with Crippen LogP contribution < -0.4 is 5.32 Å². The zero-order valence-electron chi connectivity index (χ0n) is 9.68. The number of aromatic nitrogens is 1. The molecule has 1 aromatic rings. The second-order valence-electron chi connectivity index (χ2n) is 4.25. The lowest BCUT2D eigenvalue weighted by Crippen LogP contribution is -2.26. The molecule has 15 heavy (non-hydrogen) atoms. The van der Waals surface area contributed by atoms with E-state index < -0.39 is 0 Å². The Morgan fingerprint density at radius 1 is 1.47 bits per heavy atom. The average molecular weight is 224 g/mol. The van der Waals surface area contributed by atoms with E-state index in [-0.39, 0.29) is 0 Å². The van der Waals surface area contributed by atoms with Crippen molar-refractivity contribution in [1.29, 1.82) is 0 Å². The molecule has 1 atom stereocenters. The number of hydrogen-bond acceptors (Lipinski definition) is 3. The van der Waals surface area contributed by atoms with Gasteiger partial charge >= 0.3 is 0 Å². The molecule has 3 heteroatoms. The number of rotatable bonds is 4. The van der Waals surface area contributed by atoms with E-state index in [2.05, 4.69) is 24.1 Å². The fourth-order valence-corrected chi connectivity index (χ4v) is 3.34. The van der Waals surface area contributed by atoms with Gasteiger partial charge in [-0.2, -0.15) is 0 Å². The van der Waals surface area contributed by atoms with Crippen LogP contribution in [0.25, 0.3) is 0 Å². The summed E-state index contributed by atoms with van der Waals surface area (Å²) in [4.78, 5) is 6.24. The van der Waals surface area contributed by atoms with Crippen LogP contribution in [0.4, 0.5) is 0 Å². The van der Waals surface area contributed by atoms with Crippen molar-refractivity contribution in [3.05, 3.63) is 15.6 Å². The molecule has 2 nitrogen and oxygen atoms in total. The molecule has 0 saturated carbocycles. The van der Waals surface area contributed by atoms with Crippen molar-refractivity contribution in [2.45, 2.75) is 39.5 Å². The van der Waals surface area contributed by atoms with Crippen LogP contribution in [0.2, 0.25) is 0 Å². The molecule has 0 fully saturated rings. The van der Waals surface area contributed by atoms with Crippen molar-refractivity contribution in [3.63, 3.8) is 0 Å². The summed E-state index contributed by atoms with van der Waals surface area (Å²) >= 11 is 1.93. The van der Waals surface area contributed by atoms with Gasteiger partial charge in [0.1, 0.15) is 0 Å². The Labute approximate surface area is 96.1 Å². The van der Waals surface area contributed by atoms with E-state index in [4.69, 9.17) is 0 Å². The summed E-state index contributed by atoms with van der Waals surface area (Å²) in [5.74, 6) is 0.836. The summed E-state index contributed by atoms with van der Waals surface area (Å²) in [7, 11) is 0. The summed E-state index contributed by atoms with van der Waals surface area (Å²) in [6, 6.07) is 0. The smallest absolute Gasteiger partial charge is 0.0928 e. The third-order valence-corrected chi connectivity index (χ3v) is 4.34. The Hall–Kier alpha value is -0.410. The molecule has 84 valence electrons. The number of nitrogens with zero attached hydrogens (tertiary/aromatic N) is 1. The van der Waals surface area contributed by atoms with Crippen molar-refractivity contribution in [2.24, 2.45) is 5.92 Å². The van der Waals surface area contributed by atoms with Gasteiger partial charge in [0, 0.05) is 4.88 Å². The van der Waals surface area contributed by atoms with E-state index >= 15 is 0 Å². The van der Waals surface area contributed by atoms with Gasteiger partial charge in [-0.3, -0.25) is 0 Å². The minimum Gasteiger partial charge on any atom is -0.317 e. The fourth-order valence-electron chi connectivity index (χ4n) is 2.17. The number of hydrogen-bond donors (Lipinski definition) is 1. The Kier molecular flexibility index (Phi) is 3.76. The minimum absolute atomic E-state index is 0.836. The largest absolute Gasteiger partial charge is 0.317 e. The van der Waals surface area contributed by atoms with Crippen LogP contribution >= 0.6 is 11.3 Å². The van der Waals surface area contributed by atoms with Gasteiger partial charge in [0.15, 0.2) is 0 Å². The molecule has 2 rings (SSSR count). The Morgan fingerprint density at radius 2 is 2.33 bits per heavy atom. The van der Waals surface area contributed by atoms with E-state index in [9.17, 15) is 0 Å². The topological polar surface area (TPSA) is 24.9 Å². The first-order chi connectivity index (χ1) is 7.33. The number of nitrogens with one attached hydrogen (secondary N) is 1. The lowest BCUT2D eigenvalue weighted by atomic mass is 9.91. The third-order valence-electron chi connectivity index (χ3n) is 3.07. The third kappa shape index (κ3) is 2.58. The molecule has 1 aliphatic rings. The lowest BCUT2D eigenvalue weighted by Gasteiger charge is -2.21. The highest BCUT2D eigenvalue weighted by atomic mass is 32.1. The molecule has 1 N–H and O–H groups in total. The van der Waals surface area contributed by atoms with Crippen molar-refractivity contribution in [2.75, 3.05) is 13.1 Å². The zero-order valence-corrected chi connectivity index (χ0v) is 10.5. The molecule has 0 aromatic carbocycles. The van der Waals surface area contributed by atoms with Gasteiger partial charge in [-0.25, -0.2) is 4.98 Å². The predicted molar refractivity (Wildman–Crippen MR) is 65.6 cm³/mol. The van der Waals surface area contributed by atoms with E-state index in [1.165, 1.54) is 36.5 Å². The Morgan fingerprint density at radius 3 is 3.07 bits per heavy atom. The average Bonchev–Trinajstić information content (AvgIpc) is 2.68. The van der Waals surface area contributed by atoms with E-state index in [1.54, 1.807) is 4.88 Å². The molecule has 1 unspecified atom stereocenters. The van der Waals surface area contributed by atoms with Crippen molar-refractivity contribution in [3.8, 4) is 0 Å². The maximum Gasteiger partial charge on any atom is 0.0928 e. The molecule has 0 aliphatic heterocycles. The van der Waals surface area contributed by atoms with Gasteiger partial charge in [-0.1, -0.05) is 13.8 Å². The quantitative estimate of drug-likeness (QED) is 0.849. The molecular weight excluding hydrogens is 204 g/mol. The van der Waals surface area contributed by atoms with Crippen LogP contribution in [0.5, 0.6) is 0 Å². The van der Waals surface area contributed by atoms with Crippen LogP contribution in [-0.2, 0) is 19.3 Å². The summed E-state index contributed by atoms with van der Waals surface area (Å²) in [6.07, 6.45) is 4.85. The fraction of sp³-hybridized carbons (Fsp3) is 0.750. The molecule has 0 radical (unpaired) electrons. The number of fused-ring (bicyclic) bond motifs is 1. The van der Waals surface area contributed by atoms with Crippen LogP contribution in [0.1, 0.15) is 35.8 Å². The SMILES string of the molecule is CCNCC1CCc2nc(CC)sc2C1. The van der Waals surface area contributed by atoms with Gasteiger partial charge < -0.3 is 5.32 Å². The van der Waals surface area contributed by atoms with Gasteiger partial charge in [0.05, 0.1) is 10.7 Å². The second-order valence-corrected chi connectivity index (χ2v) is 5.42. The van der Waals surface area contributed by atoms with E-state index in [0.717, 1.165) is 18.9 Å². The highest BCUT2D eigenvalue weighted by Gasteiger charge is 2.21. The van der Waals surface area contributed by atoms with Crippen LogP contribution in [0.15, 0.2) is 0 Å². The second kappa shape index (κ2) is 5.08. The van der Waals surface area contributed by atoms with Crippen molar-refractivity contribution < 1.29 is 0 Å². The van der Waals surface area contributed by atoms with Gasteiger partial charge in [0.2, 0.25) is 0 Å². The molecule has 0 bridgehead atoms. The first-order valence-corrected chi connectivity index (χ1v) is 6.83. The predicted octanol–water partition coefficient (Wildman–Crippen LogP) is 2.42. The number of thiazole rings is 1. The van der Waals surface area contributed by atoms with Crippen molar-refractivity contribution in [1.82, 2.24) is 10.3 Å². The summed E-state index contributed by atoms with van der Waals surface area (Å²) < 4.78 is 0. The molecular formula is C12H20N2S. The Bertz CT molecular complexity index is 319. The highest BCUT2D eigenvalue weighted by molar-refractivity contribution is 7.11. The number of aryl methyl sites for hydroxylation is 2. The molecule has 1 aromatic heterocycles. The van der Waals surface area contributed by atoms with Crippen LogP contribution in [-0.4, -0.2) is 18.1 Å².